The van der Waals surface area contributed by atoms with E-state index < -0.39 is 0 Å². The van der Waals surface area contributed by atoms with Crippen LogP contribution < -0.4 is 15.2 Å². The lowest BCUT2D eigenvalue weighted by Crippen LogP contribution is -2.10. The highest BCUT2D eigenvalue weighted by molar-refractivity contribution is 5.39. The molecule has 0 aliphatic carbocycles. The van der Waals surface area contributed by atoms with Gasteiger partial charge in [-0.3, -0.25) is 0 Å². The van der Waals surface area contributed by atoms with Gasteiger partial charge in [0.1, 0.15) is 6.61 Å². The highest BCUT2D eigenvalue weighted by atomic mass is 16.5. The van der Waals surface area contributed by atoms with E-state index >= 15 is 0 Å². The Labute approximate surface area is 84.1 Å². The molecule has 0 spiro atoms. The van der Waals surface area contributed by atoms with Crippen molar-refractivity contribution in [3.05, 3.63) is 36.4 Å². The molecule has 0 radical (unpaired) electrons. The molecule has 0 bridgehead atoms. The maximum atomic E-state index is 5.48. The molecule has 3 heteroatoms. The summed E-state index contributed by atoms with van der Waals surface area (Å²) in [6, 6.07) is 7.48. The van der Waals surface area contributed by atoms with E-state index in [2.05, 4.69) is 6.58 Å². The fourth-order valence-corrected chi connectivity index (χ4v) is 0.977. The topological polar surface area (TPSA) is 44.5 Å². The standard InChI is InChI=1S/C11H15NO2/c1-9(7-12)8-14-11-6-4-3-5-10(11)13-2/h3-6H,1,7-8,12H2,2H3. The normalized spacial score (nSPS) is 9.57. The molecule has 76 valence electrons. The molecular weight excluding hydrogens is 178 g/mol. The van der Waals surface area contributed by atoms with Crippen LogP contribution in [0.1, 0.15) is 0 Å². The van der Waals surface area contributed by atoms with Gasteiger partial charge in [-0.2, -0.15) is 0 Å². The first kappa shape index (κ1) is 10.6. The van der Waals surface area contributed by atoms with Crippen molar-refractivity contribution in [1.82, 2.24) is 0 Å². The van der Waals surface area contributed by atoms with Gasteiger partial charge in [0.2, 0.25) is 0 Å². The van der Waals surface area contributed by atoms with Gasteiger partial charge in [0, 0.05) is 6.54 Å². The maximum absolute atomic E-state index is 5.48. The summed E-state index contributed by atoms with van der Waals surface area (Å²) in [6.07, 6.45) is 0. The fourth-order valence-electron chi connectivity index (χ4n) is 0.977. The highest BCUT2D eigenvalue weighted by Gasteiger charge is 2.02. The van der Waals surface area contributed by atoms with Gasteiger partial charge in [-0.25, -0.2) is 0 Å². The molecule has 0 aliphatic rings. The van der Waals surface area contributed by atoms with Crippen LogP contribution in [-0.2, 0) is 0 Å². The van der Waals surface area contributed by atoms with E-state index in [0.29, 0.717) is 18.9 Å². The Balaban J connectivity index is 2.61. The number of rotatable bonds is 5. The molecule has 14 heavy (non-hydrogen) atoms. The molecule has 3 nitrogen and oxygen atoms in total. The van der Waals surface area contributed by atoms with Crippen molar-refractivity contribution < 1.29 is 9.47 Å². The Morgan fingerprint density at radius 3 is 2.57 bits per heavy atom. The van der Waals surface area contributed by atoms with E-state index in [4.69, 9.17) is 15.2 Å². The second kappa shape index (κ2) is 5.29. The number of methoxy groups -OCH3 is 1. The molecule has 0 aromatic heterocycles. The van der Waals surface area contributed by atoms with E-state index in [0.717, 1.165) is 11.3 Å². The molecule has 0 heterocycles. The maximum Gasteiger partial charge on any atom is 0.161 e. The number of hydrogen-bond acceptors (Lipinski definition) is 3. The van der Waals surface area contributed by atoms with Crippen molar-refractivity contribution in [2.45, 2.75) is 0 Å². The van der Waals surface area contributed by atoms with E-state index in [1.165, 1.54) is 0 Å². The van der Waals surface area contributed by atoms with Gasteiger partial charge < -0.3 is 15.2 Å². The third-order valence-electron chi connectivity index (χ3n) is 1.79. The highest BCUT2D eigenvalue weighted by Crippen LogP contribution is 2.25. The zero-order valence-electron chi connectivity index (χ0n) is 8.32. The van der Waals surface area contributed by atoms with Crippen LogP contribution in [0.5, 0.6) is 11.5 Å². The summed E-state index contributed by atoms with van der Waals surface area (Å²) in [5.74, 6) is 1.43. The molecule has 2 N–H and O–H groups in total. The van der Waals surface area contributed by atoms with E-state index in [-0.39, 0.29) is 0 Å². The third kappa shape index (κ3) is 2.78. The zero-order chi connectivity index (χ0) is 10.4. The minimum absolute atomic E-state index is 0.427. The first-order valence-electron chi connectivity index (χ1n) is 4.40. The van der Waals surface area contributed by atoms with Crippen molar-refractivity contribution in [2.75, 3.05) is 20.3 Å². The number of nitrogens with two attached hydrogens (primary N) is 1. The number of para-hydroxylation sites is 2. The summed E-state index contributed by atoms with van der Waals surface area (Å²) in [6.45, 7) is 4.62. The van der Waals surface area contributed by atoms with Crippen molar-refractivity contribution in [1.29, 1.82) is 0 Å². The van der Waals surface area contributed by atoms with E-state index in [1.807, 2.05) is 24.3 Å². The van der Waals surface area contributed by atoms with E-state index in [1.54, 1.807) is 7.11 Å². The van der Waals surface area contributed by atoms with Crippen LogP contribution in [-0.4, -0.2) is 20.3 Å². The second-order valence-corrected chi connectivity index (χ2v) is 2.89. The molecule has 1 aromatic rings. The summed E-state index contributed by atoms with van der Waals surface area (Å²) in [5.41, 5.74) is 6.25. The average Bonchev–Trinajstić information content (AvgIpc) is 2.26. The average molecular weight is 193 g/mol. The molecule has 0 atom stereocenters. The lowest BCUT2D eigenvalue weighted by Gasteiger charge is -2.10. The van der Waals surface area contributed by atoms with Gasteiger partial charge >= 0.3 is 0 Å². The molecule has 0 amide bonds. The predicted molar refractivity (Wildman–Crippen MR) is 56.7 cm³/mol. The smallest absolute Gasteiger partial charge is 0.161 e. The van der Waals surface area contributed by atoms with Crippen molar-refractivity contribution in [3.63, 3.8) is 0 Å². The minimum atomic E-state index is 0.427. The summed E-state index contributed by atoms with van der Waals surface area (Å²) in [4.78, 5) is 0. The quantitative estimate of drug-likeness (QED) is 0.722. The third-order valence-corrected chi connectivity index (χ3v) is 1.79. The van der Waals surface area contributed by atoms with Crippen LogP contribution in [0.3, 0.4) is 0 Å². The van der Waals surface area contributed by atoms with Crippen molar-refractivity contribution >= 4 is 0 Å². The Morgan fingerprint density at radius 1 is 1.36 bits per heavy atom. The lowest BCUT2D eigenvalue weighted by molar-refractivity contribution is 0.318. The van der Waals surface area contributed by atoms with Crippen LogP contribution in [0.4, 0.5) is 0 Å². The summed E-state index contributed by atoms with van der Waals surface area (Å²) < 4.78 is 10.6. The summed E-state index contributed by atoms with van der Waals surface area (Å²) >= 11 is 0. The van der Waals surface area contributed by atoms with Gasteiger partial charge in [-0.05, 0) is 17.7 Å². The summed E-state index contributed by atoms with van der Waals surface area (Å²) in [5, 5.41) is 0. The second-order valence-electron chi connectivity index (χ2n) is 2.89. The molecule has 0 fully saturated rings. The SMILES string of the molecule is C=C(CN)COc1ccccc1OC. The zero-order valence-corrected chi connectivity index (χ0v) is 8.32. The molecular formula is C11H15NO2. The Hall–Kier alpha value is -1.48. The minimum Gasteiger partial charge on any atom is -0.493 e. The first-order valence-corrected chi connectivity index (χ1v) is 4.40. The molecule has 0 aliphatic heterocycles. The Bertz CT molecular complexity index is 310. The number of hydrogen-bond donors (Lipinski definition) is 1. The van der Waals surface area contributed by atoms with Crippen LogP contribution in [0.25, 0.3) is 0 Å². The predicted octanol–water partition coefficient (Wildman–Crippen LogP) is 1.59. The Kier molecular flexibility index (Phi) is 4.01. The van der Waals surface area contributed by atoms with Gasteiger partial charge in [0.15, 0.2) is 11.5 Å². The summed E-state index contributed by atoms with van der Waals surface area (Å²) in [7, 11) is 1.61. The molecule has 0 unspecified atom stereocenters. The van der Waals surface area contributed by atoms with Crippen molar-refractivity contribution in [2.24, 2.45) is 5.73 Å². The van der Waals surface area contributed by atoms with Crippen LogP contribution in [0.2, 0.25) is 0 Å². The first-order chi connectivity index (χ1) is 6.77. The fraction of sp³-hybridized carbons (Fsp3) is 0.273. The van der Waals surface area contributed by atoms with Gasteiger partial charge in [0.05, 0.1) is 7.11 Å². The molecule has 1 rings (SSSR count). The molecule has 1 aromatic carbocycles. The number of benzene rings is 1. The molecule has 0 saturated heterocycles. The van der Waals surface area contributed by atoms with Crippen LogP contribution in [0, 0.1) is 0 Å². The lowest BCUT2D eigenvalue weighted by atomic mass is 10.3. The largest absolute Gasteiger partial charge is 0.493 e. The molecule has 0 saturated carbocycles. The van der Waals surface area contributed by atoms with Gasteiger partial charge in [0.25, 0.3) is 0 Å². The van der Waals surface area contributed by atoms with Crippen molar-refractivity contribution in [3.8, 4) is 11.5 Å². The van der Waals surface area contributed by atoms with Gasteiger partial charge in [-0.15, -0.1) is 0 Å². The number of ether oxygens (including phenoxy) is 2. The van der Waals surface area contributed by atoms with Gasteiger partial charge in [-0.1, -0.05) is 18.7 Å². The Morgan fingerprint density at radius 2 is 2.00 bits per heavy atom. The van der Waals surface area contributed by atoms with Crippen LogP contribution in [0.15, 0.2) is 36.4 Å². The van der Waals surface area contributed by atoms with Crippen LogP contribution >= 0.6 is 0 Å². The van der Waals surface area contributed by atoms with E-state index in [9.17, 15) is 0 Å². The monoisotopic (exact) mass is 193 g/mol.